The molecular formula is C18H27N3O. The fourth-order valence-electron chi connectivity index (χ4n) is 4.57. The maximum absolute atomic E-state index is 5.50. The fraction of sp³-hybridized carbons (Fsp3) is 0.722. The van der Waals surface area contributed by atoms with E-state index in [9.17, 15) is 0 Å². The zero-order valence-corrected chi connectivity index (χ0v) is 13.4. The average molecular weight is 301 g/mol. The van der Waals surface area contributed by atoms with Crippen LogP contribution in [-0.4, -0.2) is 59.7 Å². The molecule has 0 aliphatic carbocycles. The third-order valence-corrected chi connectivity index (χ3v) is 5.77. The number of fused-ring (bicyclic) bond motifs is 1. The van der Waals surface area contributed by atoms with Gasteiger partial charge in [-0.05, 0) is 49.3 Å². The number of nitrogens with zero attached hydrogens (tertiary/aromatic N) is 3. The maximum Gasteiger partial charge on any atom is 0.0469 e. The van der Waals surface area contributed by atoms with Gasteiger partial charge in [0.25, 0.3) is 0 Å². The van der Waals surface area contributed by atoms with E-state index >= 15 is 0 Å². The highest BCUT2D eigenvalue weighted by atomic mass is 16.5. The summed E-state index contributed by atoms with van der Waals surface area (Å²) in [5, 5.41) is 0. The SMILES string of the molecule is c1cc(CN2CC[C@@H]3[C@@H]2CCN3CC2CCOCC2)ccn1. The summed E-state index contributed by atoms with van der Waals surface area (Å²) in [5.41, 5.74) is 1.40. The monoisotopic (exact) mass is 301 g/mol. The van der Waals surface area contributed by atoms with Gasteiger partial charge in [-0.1, -0.05) is 0 Å². The number of rotatable bonds is 4. The van der Waals surface area contributed by atoms with E-state index in [1.165, 1.54) is 50.9 Å². The van der Waals surface area contributed by atoms with Crippen molar-refractivity contribution >= 4 is 0 Å². The summed E-state index contributed by atoms with van der Waals surface area (Å²) in [4.78, 5) is 9.61. The lowest BCUT2D eigenvalue weighted by molar-refractivity contribution is 0.0504. The van der Waals surface area contributed by atoms with Gasteiger partial charge in [0, 0.05) is 63.9 Å². The Morgan fingerprint density at radius 1 is 0.955 bits per heavy atom. The molecule has 0 radical (unpaired) electrons. The van der Waals surface area contributed by atoms with E-state index in [0.717, 1.165) is 37.8 Å². The number of hydrogen-bond donors (Lipinski definition) is 0. The molecule has 1 aromatic rings. The fourth-order valence-corrected chi connectivity index (χ4v) is 4.57. The molecule has 0 saturated carbocycles. The topological polar surface area (TPSA) is 28.6 Å². The van der Waals surface area contributed by atoms with Crippen molar-refractivity contribution in [2.24, 2.45) is 5.92 Å². The van der Waals surface area contributed by atoms with Crippen LogP contribution in [0.25, 0.3) is 0 Å². The minimum Gasteiger partial charge on any atom is -0.381 e. The summed E-state index contributed by atoms with van der Waals surface area (Å²) >= 11 is 0. The van der Waals surface area contributed by atoms with Gasteiger partial charge in [-0.3, -0.25) is 14.8 Å². The van der Waals surface area contributed by atoms with Crippen molar-refractivity contribution in [3.05, 3.63) is 30.1 Å². The molecule has 0 aromatic carbocycles. The number of likely N-dealkylation sites (tertiary alicyclic amines) is 2. The van der Waals surface area contributed by atoms with Gasteiger partial charge in [0.1, 0.15) is 0 Å². The van der Waals surface area contributed by atoms with Crippen molar-refractivity contribution in [3.63, 3.8) is 0 Å². The molecule has 0 bridgehead atoms. The Bertz CT molecular complexity index is 474. The molecule has 22 heavy (non-hydrogen) atoms. The van der Waals surface area contributed by atoms with Gasteiger partial charge in [0.2, 0.25) is 0 Å². The number of ether oxygens (including phenoxy) is 1. The van der Waals surface area contributed by atoms with Crippen LogP contribution in [0.5, 0.6) is 0 Å². The van der Waals surface area contributed by atoms with Gasteiger partial charge in [-0.25, -0.2) is 0 Å². The molecule has 1 aromatic heterocycles. The van der Waals surface area contributed by atoms with E-state index in [1.807, 2.05) is 12.4 Å². The molecule has 4 heteroatoms. The van der Waals surface area contributed by atoms with Crippen LogP contribution in [0.3, 0.4) is 0 Å². The zero-order chi connectivity index (χ0) is 14.8. The summed E-state index contributed by atoms with van der Waals surface area (Å²) in [6.07, 6.45) is 9.03. The highest BCUT2D eigenvalue weighted by Crippen LogP contribution is 2.33. The van der Waals surface area contributed by atoms with E-state index in [4.69, 9.17) is 4.74 Å². The molecular weight excluding hydrogens is 274 g/mol. The van der Waals surface area contributed by atoms with Crippen LogP contribution < -0.4 is 0 Å². The smallest absolute Gasteiger partial charge is 0.0469 e. The molecule has 0 spiro atoms. The summed E-state index contributed by atoms with van der Waals surface area (Å²) in [7, 11) is 0. The van der Waals surface area contributed by atoms with E-state index < -0.39 is 0 Å². The third-order valence-electron chi connectivity index (χ3n) is 5.77. The number of hydrogen-bond acceptors (Lipinski definition) is 4. The largest absolute Gasteiger partial charge is 0.381 e. The second kappa shape index (κ2) is 6.65. The lowest BCUT2D eigenvalue weighted by Gasteiger charge is -2.30. The van der Waals surface area contributed by atoms with E-state index in [2.05, 4.69) is 26.9 Å². The van der Waals surface area contributed by atoms with Crippen LogP contribution in [0.4, 0.5) is 0 Å². The molecule has 3 aliphatic rings. The quantitative estimate of drug-likeness (QED) is 0.852. The highest BCUT2D eigenvalue weighted by molar-refractivity contribution is 5.11. The van der Waals surface area contributed by atoms with Crippen molar-refractivity contribution < 1.29 is 4.74 Å². The molecule has 4 rings (SSSR count). The Hall–Kier alpha value is -0.970. The predicted octanol–water partition coefficient (Wildman–Crippen LogP) is 2.16. The molecule has 0 amide bonds. The van der Waals surface area contributed by atoms with Crippen molar-refractivity contribution in [1.82, 2.24) is 14.8 Å². The maximum atomic E-state index is 5.50. The molecule has 120 valence electrons. The standard InChI is InChI=1S/C18H27N3O/c1-7-19-8-2-15(1)13-20-9-3-18-17(20)4-10-21(18)14-16-5-11-22-12-6-16/h1-2,7-8,16-18H,3-6,9-14H2/t17-,18+/m0/s1. The van der Waals surface area contributed by atoms with Crippen molar-refractivity contribution in [3.8, 4) is 0 Å². The van der Waals surface area contributed by atoms with Gasteiger partial charge in [-0.15, -0.1) is 0 Å². The summed E-state index contributed by atoms with van der Waals surface area (Å²) in [5.74, 6) is 0.863. The molecule has 4 heterocycles. The first-order chi connectivity index (χ1) is 10.9. The minimum atomic E-state index is 0.771. The highest BCUT2D eigenvalue weighted by Gasteiger charge is 2.42. The molecule has 0 unspecified atom stereocenters. The molecule has 2 atom stereocenters. The van der Waals surface area contributed by atoms with Crippen molar-refractivity contribution in [1.29, 1.82) is 0 Å². The number of pyridine rings is 1. The van der Waals surface area contributed by atoms with Gasteiger partial charge in [0.15, 0.2) is 0 Å². The molecule has 0 N–H and O–H groups in total. The van der Waals surface area contributed by atoms with E-state index in [0.29, 0.717) is 0 Å². The molecule has 4 nitrogen and oxygen atoms in total. The van der Waals surface area contributed by atoms with E-state index in [1.54, 1.807) is 0 Å². The normalized spacial score (nSPS) is 30.7. The Balaban J connectivity index is 1.35. The van der Waals surface area contributed by atoms with Gasteiger partial charge in [-0.2, -0.15) is 0 Å². The van der Waals surface area contributed by atoms with Crippen LogP contribution in [0.1, 0.15) is 31.2 Å². The molecule has 3 fully saturated rings. The minimum absolute atomic E-state index is 0.771. The lowest BCUT2D eigenvalue weighted by atomic mass is 9.99. The molecule has 3 aliphatic heterocycles. The van der Waals surface area contributed by atoms with Gasteiger partial charge in [0.05, 0.1) is 0 Å². The van der Waals surface area contributed by atoms with Crippen LogP contribution in [0, 0.1) is 5.92 Å². The Labute approximate surface area is 133 Å². The van der Waals surface area contributed by atoms with E-state index in [-0.39, 0.29) is 0 Å². The lowest BCUT2D eigenvalue weighted by Crippen LogP contribution is -2.39. The first-order valence-electron chi connectivity index (χ1n) is 8.85. The Morgan fingerprint density at radius 2 is 1.64 bits per heavy atom. The average Bonchev–Trinajstić information content (AvgIpc) is 3.14. The Morgan fingerprint density at radius 3 is 2.41 bits per heavy atom. The second-order valence-corrected chi connectivity index (χ2v) is 7.09. The first kappa shape index (κ1) is 14.6. The van der Waals surface area contributed by atoms with Crippen molar-refractivity contribution in [2.75, 3.05) is 32.8 Å². The zero-order valence-electron chi connectivity index (χ0n) is 13.4. The van der Waals surface area contributed by atoms with Crippen LogP contribution in [0.2, 0.25) is 0 Å². The van der Waals surface area contributed by atoms with Crippen LogP contribution in [-0.2, 0) is 11.3 Å². The first-order valence-corrected chi connectivity index (χ1v) is 8.85. The third kappa shape index (κ3) is 3.05. The molecule has 3 saturated heterocycles. The van der Waals surface area contributed by atoms with Crippen molar-refractivity contribution in [2.45, 2.75) is 44.3 Å². The van der Waals surface area contributed by atoms with Gasteiger partial charge >= 0.3 is 0 Å². The van der Waals surface area contributed by atoms with Gasteiger partial charge < -0.3 is 4.74 Å². The summed E-state index contributed by atoms with van der Waals surface area (Å²) < 4.78 is 5.50. The summed E-state index contributed by atoms with van der Waals surface area (Å²) in [6.45, 7) is 6.88. The van der Waals surface area contributed by atoms with Crippen LogP contribution in [0.15, 0.2) is 24.5 Å². The predicted molar refractivity (Wildman–Crippen MR) is 86.6 cm³/mol. The Kier molecular flexibility index (Phi) is 4.42. The summed E-state index contributed by atoms with van der Waals surface area (Å²) in [6, 6.07) is 5.88. The second-order valence-electron chi connectivity index (χ2n) is 7.09. The number of aromatic nitrogens is 1. The van der Waals surface area contributed by atoms with Crippen LogP contribution >= 0.6 is 0 Å².